The predicted octanol–water partition coefficient (Wildman–Crippen LogP) is 8.11. The van der Waals surface area contributed by atoms with Gasteiger partial charge in [0.15, 0.2) is 18.2 Å². The van der Waals surface area contributed by atoms with E-state index in [-0.39, 0.29) is 11.1 Å². The van der Waals surface area contributed by atoms with E-state index in [0.29, 0.717) is 11.1 Å². The molecule has 0 aliphatic heterocycles. The number of aryl methyl sites for hydroxylation is 1. The van der Waals surface area contributed by atoms with E-state index < -0.39 is 36.0 Å². The quantitative estimate of drug-likeness (QED) is 0.248. The fourth-order valence-corrected chi connectivity index (χ4v) is 3.37. The first-order valence-electron chi connectivity index (χ1n) is 10.3. The van der Waals surface area contributed by atoms with E-state index in [0.717, 1.165) is 49.4 Å². The Bertz CT molecular complexity index is 1060. The minimum absolute atomic E-state index is 0.0567. The Labute approximate surface area is 182 Å². The van der Waals surface area contributed by atoms with Crippen LogP contribution >= 0.6 is 0 Å². The third-order valence-electron chi connectivity index (χ3n) is 5.05. The van der Waals surface area contributed by atoms with E-state index in [1.54, 1.807) is 0 Å². The van der Waals surface area contributed by atoms with Crippen molar-refractivity contribution in [3.63, 3.8) is 0 Å². The Morgan fingerprint density at radius 1 is 0.750 bits per heavy atom. The van der Waals surface area contributed by atoms with Crippen LogP contribution in [0.1, 0.15) is 31.7 Å². The van der Waals surface area contributed by atoms with Crippen LogP contribution in [0.25, 0.3) is 22.3 Å². The fraction of sp³-hybridized carbons (Fsp3) is 0.280. The van der Waals surface area contributed by atoms with Gasteiger partial charge in [0, 0.05) is 11.1 Å². The Kier molecular flexibility index (Phi) is 7.48. The molecule has 0 fully saturated rings. The molecule has 0 atom stereocenters. The number of alkyl halides is 3. The van der Waals surface area contributed by atoms with Crippen molar-refractivity contribution in [2.24, 2.45) is 0 Å². The Balaban J connectivity index is 1.81. The highest BCUT2D eigenvalue weighted by atomic mass is 19.4. The van der Waals surface area contributed by atoms with Gasteiger partial charge in [-0.1, -0.05) is 56.2 Å². The van der Waals surface area contributed by atoms with Gasteiger partial charge in [-0.15, -0.1) is 0 Å². The third-order valence-corrected chi connectivity index (χ3v) is 5.05. The first-order chi connectivity index (χ1) is 15.2. The molecule has 170 valence electrons. The summed E-state index contributed by atoms with van der Waals surface area (Å²) < 4.78 is 84.4. The minimum Gasteiger partial charge on any atom is -0.481 e. The van der Waals surface area contributed by atoms with Crippen LogP contribution in [-0.4, -0.2) is 12.8 Å². The molecule has 0 radical (unpaired) electrons. The summed E-state index contributed by atoms with van der Waals surface area (Å²) >= 11 is 0. The largest absolute Gasteiger partial charge is 0.481 e. The van der Waals surface area contributed by atoms with Crippen LogP contribution in [0.2, 0.25) is 0 Å². The zero-order valence-electron chi connectivity index (χ0n) is 17.4. The highest BCUT2D eigenvalue weighted by Crippen LogP contribution is 2.33. The van der Waals surface area contributed by atoms with Gasteiger partial charge in [0.25, 0.3) is 0 Å². The van der Waals surface area contributed by atoms with Crippen molar-refractivity contribution < 1.29 is 31.1 Å². The minimum atomic E-state index is -4.69. The zero-order chi connectivity index (χ0) is 23.3. The van der Waals surface area contributed by atoms with Crippen LogP contribution in [-0.2, 0) is 6.42 Å². The summed E-state index contributed by atoms with van der Waals surface area (Å²) in [6.45, 7) is 0.384. The van der Waals surface area contributed by atoms with Gasteiger partial charge in [-0.05, 0) is 47.7 Å². The van der Waals surface area contributed by atoms with Crippen molar-refractivity contribution in [2.75, 3.05) is 6.61 Å². The topological polar surface area (TPSA) is 9.23 Å². The molecule has 0 unspecified atom stereocenters. The fourth-order valence-electron chi connectivity index (χ4n) is 3.37. The Hall–Kier alpha value is -2.96. The molecule has 0 amide bonds. The molecule has 0 aromatic heterocycles. The lowest BCUT2D eigenvalue weighted by atomic mass is 9.97. The molecule has 7 heteroatoms. The van der Waals surface area contributed by atoms with Crippen LogP contribution in [0.15, 0.2) is 54.6 Å². The number of benzene rings is 3. The van der Waals surface area contributed by atoms with Gasteiger partial charge < -0.3 is 4.74 Å². The number of hydrogen-bond donors (Lipinski definition) is 0. The van der Waals surface area contributed by atoms with Crippen LogP contribution in [0.4, 0.5) is 26.3 Å². The van der Waals surface area contributed by atoms with E-state index in [9.17, 15) is 26.3 Å². The molecular formula is C25H22F6O. The summed E-state index contributed by atoms with van der Waals surface area (Å²) in [5.74, 6) is -4.46. The van der Waals surface area contributed by atoms with Gasteiger partial charge in [-0.2, -0.15) is 17.6 Å². The molecular weight excluding hydrogens is 430 g/mol. The first kappa shape index (κ1) is 23.7. The molecule has 0 bridgehead atoms. The number of rotatable bonds is 8. The van der Waals surface area contributed by atoms with Crippen molar-refractivity contribution in [2.45, 2.75) is 38.8 Å². The van der Waals surface area contributed by atoms with Gasteiger partial charge in [0.05, 0.1) is 0 Å². The lowest BCUT2D eigenvalue weighted by Crippen LogP contribution is -2.19. The third kappa shape index (κ3) is 5.84. The van der Waals surface area contributed by atoms with Crippen LogP contribution in [0, 0.1) is 17.5 Å². The Morgan fingerprint density at radius 3 is 2.03 bits per heavy atom. The second-order valence-corrected chi connectivity index (χ2v) is 7.49. The molecule has 32 heavy (non-hydrogen) atoms. The molecule has 3 rings (SSSR count). The average Bonchev–Trinajstić information content (AvgIpc) is 2.75. The summed E-state index contributed by atoms with van der Waals surface area (Å²) in [5, 5.41) is 0. The molecule has 3 aromatic carbocycles. The summed E-state index contributed by atoms with van der Waals surface area (Å²) in [4.78, 5) is 0. The molecule has 0 N–H and O–H groups in total. The van der Waals surface area contributed by atoms with Gasteiger partial charge in [-0.25, -0.2) is 8.78 Å². The lowest BCUT2D eigenvalue weighted by Gasteiger charge is -2.13. The normalized spacial score (nSPS) is 11.6. The maximum atomic E-state index is 14.8. The van der Waals surface area contributed by atoms with Crippen molar-refractivity contribution >= 4 is 0 Å². The molecule has 0 spiro atoms. The summed E-state index contributed by atoms with van der Waals surface area (Å²) in [5.41, 5.74) is 1.89. The zero-order valence-corrected chi connectivity index (χ0v) is 17.4. The van der Waals surface area contributed by atoms with Crippen molar-refractivity contribution in [3.8, 4) is 28.0 Å². The number of ether oxygens (including phenoxy) is 1. The van der Waals surface area contributed by atoms with Gasteiger partial charge in [0.2, 0.25) is 5.82 Å². The molecule has 3 aromatic rings. The van der Waals surface area contributed by atoms with E-state index in [1.165, 1.54) is 12.1 Å². The second-order valence-electron chi connectivity index (χ2n) is 7.49. The van der Waals surface area contributed by atoms with Crippen molar-refractivity contribution in [1.82, 2.24) is 0 Å². The first-order valence-corrected chi connectivity index (χ1v) is 10.3. The van der Waals surface area contributed by atoms with E-state index in [1.807, 2.05) is 24.3 Å². The van der Waals surface area contributed by atoms with Crippen molar-refractivity contribution in [1.29, 1.82) is 0 Å². The van der Waals surface area contributed by atoms with Gasteiger partial charge >= 0.3 is 6.18 Å². The molecule has 0 saturated heterocycles. The molecule has 0 aliphatic rings. The van der Waals surface area contributed by atoms with Crippen LogP contribution < -0.4 is 4.74 Å². The van der Waals surface area contributed by atoms with E-state index >= 15 is 0 Å². The van der Waals surface area contributed by atoms with Crippen molar-refractivity contribution in [3.05, 3.63) is 77.6 Å². The second kappa shape index (κ2) is 10.1. The molecule has 1 nitrogen and oxygen atoms in total. The predicted molar refractivity (Wildman–Crippen MR) is 112 cm³/mol. The number of hydrogen-bond acceptors (Lipinski definition) is 1. The molecule has 0 aliphatic carbocycles. The maximum absolute atomic E-state index is 14.8. The Morgan fingerprint density at radius 2 is 1.41 bits per heavy atom. The summed E-state index contributed by atoms with van der Waals surface area (Å²) in [6.07, 6.45) is -0.383. The highest BCUT2D eigenvalue weighted by Gasteiger charge is 2.29. The van der Waals surface area contributed by atoms with Crippen LogP contribution in [0.5, 0.6) is 5.75 Å². The maximum Gasteiger partial charge on any atom is 0.422 e. The molecule has 0 saturated carbocycles. The molecule has 0 heterocycles. The summed E-state index contributed by atoms with van der Waals surface area (Å²) in [6, 6.07) is 13.4. The van der Waals surface area contributed by atoms with E-state index in [4.69, 9.17) is 0 Å². The number of unbranched alkanes of at least 4 members (excludes halogenated alkanes) is 2. The standard InChI is InChI=1S/C25H22F6O/c1-2-3-4-5-16-6-8-17(9-7-16)19-11-10-18(14-21(19)26)20-12-13-22(24(28)23(20)27)32-15-25(29,30)31/h6-14H,2-5,15H2,1H3. The average molecular weight is 452 g/mol. The SMILES string of the molecule is CCCCCc1ccc(-c2ccc(-c3ccc(OCC(F)(F)F)c(F)c3F)cc2F)cc1. The monoisotopic (exact) mass is 452 g/mol. The van der Waals surface area contributed by atoms with Gasteiger partial charge in [0.1, 0.15) is 5.82 Å². The van der Waals surface area contributed by atoms with E-state index in [2.05, 4.69) is 11.7 Å². The summed E-state index contributed by atoms with van der Waals surface area (Å²) in [7, 11) is 0. The highest BCUT2D eigenvalue weighted by molar-refractivity contribution is 5.72. The number of halogens is 6. The smallest absolute Gasteiger partial charge is 0.422 e. The van der Waals surface area contributed by atoms with Gasteiger partial charge in [-0.3, -0.25) is 0 Å². The lowest BCUT2D eigenvalue weighted by molar-refractivity contribution is -0.153. The van der Waals surface area contributed by atoms with Crippen LogP contribution in [0.3, 0.4) is 0 Å².